The number of benzene rings is 1. The molecule has 64 valence electrons. The number of aliphatic carboxylic acids is 1. The van der Waals surface area contributed by atoms with E-state index in [4.69, 9.17) is 9.90 Å². The molecular formula is C8H9AgO2. The molecule has 1 aromatic carbocycles. The maximum absolute atomic E-state index is 9.00. The number of rotatable bonds is 0. The molecule has 0 unspecified atom stereocenters. The quantitative estimate of drug-likeness (QED) is 0.691. The van der Waals surface area contributed by atoms with E-state index in [2.05, 4.69) is 21.1 Å². The summed E-state index contributed by atoms with van der Waals surface area (Å²) in [6, 6.07) is 9.97. The summed E-state index contributed by atoms with van der Waals surface area (Å²) in [4.78, 5) is 9.00. The number of carboxylic acids is 1. The van der Waals surface area contributed by atoms with Crippen LogP contribution in [0.5, 0.6) is 0 Å². The number of hydrogen-bond donors (Lipinski definition) is 1. The van der Waals surface area contributed by atoms with Gasteiger partial charge in [0.25, 0.3) is 5.97 Å². The molecule has 0 atom stereocenters. The number of carboxylic acid groups (broad SMARTS) is 1. The molecular weight excluding hydrogens is 236 g/mol. The molecule has 0 fully saturated rings. The van der Waals surface area contributed by atoms with E-state index in [0.717, 1.165) is 10.7 Å². The minimum absolute atomic E-state index is 0.833. The fraction of sp³-hybridized carbons (Fsp3) is 0.125. The van der Waals surface area contributed by atoms with Crippen LogP contribution in [0.15, 0.2) is 30.3 Å². The van der Waals surface area contributed by atoms with E-state index in [-0.39, 0.29) is 0 Å². The average Bonchev–Trinajstić information content (AvgIpc) is 1.87. The second kappa shape index (κ2) is 6.16. The molecule has 0 saturated heterocycles. The van der Waals surface area contributed by atoms with Gasteiger partial charge >= 0.3 is 55.2 Å². The van der Waals surface area contributed by atoms with Crippen LogP contribution in [0.3, 0.4) is 0 Å². The Morgan fingerprint density at radius 2 is 1.73 bits per heavy atom. The second-order valence-electron chi connectivity index (χ2n) is 1.77. The van der Waals surface area contributed by atoms with Crippen LogP contribution in [-0.2, 0) is 25.9 Å². The zero-order valence-corrected chi connectivity index (χ0v) is 7.53. The molecule has 0 heterocycles. The van der Waals surface area contributed by atoms with Gasteiger partial charge in [-0.25, -0.2) is 0 Å². The van der Waals surface area contributed by atoms with Crippen molar-refractivity contribution >= 4 is 9.75 Å². The van der Waals surface area contributed by atoms with Crippen LogP contribution in [-0.4, -0.2) is 11.1 Å². The Hall–Kier alpha value is -0.570. The van der Waals surface area contributed by atoms with Crippen LogP contribution in [0.2, 0.25) is 0 Å². The molecule has 0 aliphatic rings. The molecule has 11 heavy (non-hydrogen) atoms. The topological polar surface area (TPSA) is 37.3 Å². The fourth-order valence-corrected chi connectivity index (χ4v) is 0.685. The van der Waals surface area contributed by atoms with Gasteiger partial charge in [0, 0.05) is 6.92 Å². The monoisotopic (exact) mass is 244 g/mol. The predicted molar refractivity (Wildman–Crippen MR) is 39.4 cm³/mol. The first-order chi connectivity index (χ1) is 5.13. The van der Waals surface area contributed by atoms with Gasteiger partial charge < -0.3 is 5.11 Å². The molecule has 1 rings (SSSR count). The summed E-state index contributed by atoms with van der Waals surface area (Å²) < 4.78 is 1.13. The molecule has 0 amide bonds. The van der Waals surface area contributed by atoms with Gasteiger partial charge in [-0.05, 0) is 0 Å². The van der Waals surface area contributed by atoms with Gasteiger partial charge in [-0.1, -0.05) is 0 Å². The van der Waals surface area contributed by atoms with Gasteiger partial charge in [-0.15, -0.1) is 0 Å². The first kappa shape index (κ1) is 10.4. The van der Waals surface area contributed by atoms with Gasteiger partial charge in [0.2, 0.25) is 0 Å². The van der Waals surface area contributed by atoms with Crippen molar-refractivity contribution in [3.63, 3.8) is 0 Å². The third-order valence-corrected chi connectivity index (χ3v) is 1.20. The first-order valence-electron chi connectivity index (χ1n) is 2.99. The Labute approximate surface area is 78.2 Å². The summed E-state index contributed by atoms with van der Waals surface area (Å²) in [5.41, 5.74) is 0. The van der Waals surface area contributed by atoms with Crippen molar-refractivity contribution in [3.05, 3.63) is 30.3 Å². The SMILES string of the molecule is CC(=O)O.[Ag][c]1ccccc1. The Bertz CT molecular complexity index is 205. The van der Waals surface area contributed by atoms with Crippen LogP contribution < -0.4 is 3.78 Å². The van der Waals surface area contributed by atoms with Crippen LogP contribution in [0.25, 0.3) is 0 Å². The van der Waals surface area contributed by atoms with Crippen molar-refractivity contribution in [2.75, 3.05) is 0 Å². The zero-order valence-electron chi connectivity index (χ0n) is 6.04. The average molecular weight is 245 g/mol. The fourth-order valence-electron chi connectivity index (χ4n) is 0.400. The summed E-state index contributed by atoms with van der Waals surface area (Å²) in [6.45, 7) is 1.08. The van der Waals surface area contributed by atoms with Gasteiger partial charge in [0.05, 0.1) is 0 Å². The van der Waals surface area contributed by atoms with Crippen molar-refractivity contribution in [2.24, 2.45) is 0 Å². The normalized spacial score (nSPS) is 7.91. The van der Waals surface area contributed by atoms with Crippen LogP contribution >= 0.6 is 0 Å². The van der Waals surface area contributed by atoms with Crippen molar-refractivity contribution in [3.8, 4) is 0 Å². The summed E-state index contributed by atoms with van der Waals surface area (Å²) in [5.74, 6) is -0.833. The molecule has 0 aliphatic heterocycles. The van der Waals surface area contributed by atoms with Crippen molar-refractivity contribution in [2.45, 2.75) is 6.92 Å². The molecule has 2 nitrogen and oxygen atoms in total. The molecule has 0 aromatic heterocycles. The van der Waals surface area contributed by atoms with Crippen LogP contribution in [0.1, 0.15) is 6.92 Å². The van der Waals surface area contributed by atoms with E-state index < -0.39 is 5.97 Å². The van der Waals surface area contributed by atoms with Gasteiger partial charge in [-0.2, -0.15) is 0 Å². The van der Waals surface area contributed by atoms with Crippen molar-refractivity contribution in [1.82, 2.24) is 0 Å². The molecule has 0 aliphatic carbocycles. The van der Waals surface area contributed by atoms with Gasteiger partial charge in [-0.3, -0.25) is 4.79 Å². The van der Waals surface area contributed by atoms with E-state index in [9.17, 15) is 0 Å². The summed E-state index contributed by atoms with van der Waals surface area (Å²) >= 11 is 3.33. The minimum atomic E-state index is -0.833. The van der Waals surface area contributed by atoms with E-state index in [1.165, 1.54) is 0 Å². The molecule has 3 heteroatoms. The first-order valence-corrected chi connectivity index (χ1v) is 3.73. The van der Waals surface area contributed by atoms with Crippen molar-refractivity contribution < 1.29 is 31.0 Å². The third kappa shape index (κ3) is 9.43. The Morgan fingerprint density at radius 3 is 1.91 bits per heavy atom. The van der Waals surface area contributed by atoms with Gasteiger partial charge in [0.1, 0.15) is 0 Å². The number of hydrogen-bond acceptors (Lipinski definition) is 1. The predicted octanol–water partition coefficient (Wildman–Crippen LogP) is 0.950. The van der Waals surface area contributed by atoms with E-state index in [1.807, 2.05) is 30.3 Å². The zero-order chi connectivity index (χ0) is 8.69. The van der Waals surface area contributed by atoms with Gasteiger partial charge in [0.15, 0.2) is 0 Å². The second-order valence-corrected chi connectivity index (χ2v) is 2.63. The number of carbonyl (C=O) groups is 1. The summed E-state index contributed by atoms with van der Waals surface area (Å²) in [7, 11) is 0. The standard InChI is InChI=1S/C6H5.C2H4O2.Ag/c1-2-4-6-5-3-1;1-2(3)4;/h1-5H;1H3,(H,3,4);. The third-order valence-electron chi connectivity index (χ3n) is 0.708. The molecule has 0 bridgehead atoms. The molecule has 0 radical (unpaired) electrons. The van der Waals surface area contributed by atoms with E-state index in [0.29, 0.717) is 0 Å². The van der Waals surface area contributed by atoms with Crippen LogP contribution in [0.4, 0.5) is 0 Å². The van der Waals surface area contributed by atoms with E-state index in [1.54, 1.807) is 0 Å². The molecule has 1 aromatic rings. The molecule has 0 spiro atoms. The molecule has 0 saturated carbocycles. The summed E-state index contributed by atoms with van der Waals surface area (Å²) in [5, 5.41) is 7.42. The Morgan fingerprint density at radius 1 is 1.36 bits per heavy atom. The maximum atomic E-state index is 9.00. The summed E-state index contributed by atoms with van der Waals surface area (Å²) in [6.07, 6.45) is 0. The Kier molecular flexibility index (Phi) is 5.84. The van der Waals surface area contributed by atoms with Crippen LogP contribution in [0, 0.1) is 0 Å². The van der Waals surface area contributed by atoms with Crippen molar-refractivity contribution in [1.29, 1.82) is 0 Å². The molecule has 1 N–H and O–H groups in total. The van der Waals surface area contributed by atoms with E-state index >= 15 is 0 Å². The Balaban J connectivity index is 0.000000218.